The second-order valence-electron chi connectivity index (χ2n) is 14.7. The first-order valence-electron chi connectivity index (χ1n) is 17.6. The Labute approximate surface area is 299 Å². The summed E-state index contributed by atoms with van der Waals surface area (Å²) in [5, 5.41) is 0. The molecule has 3 rings (SSSR count). The van der Waals surface area contributed by atoms with Crippen molar-refractivity contribution in [3.63, 3.8) is 0 Å². The minimum atomic E-state index is -8.92. The molecule has 1 aromatic rings. The first kappa shape index (κ1) is 46.3. The Hall–Kier alpha value is -2.11. The maximum atomic E-state index is 14.8. The molecule has 0 unspecified atom stereocenters. The molecule has 0 atom stereocenters. The molecule has 2 saturated carbocycles. The van der Waals surface area contributed by atoms with Crippen LogP contribution in [0, 0.1) is 17.8 Å². The maximum absolute atomic E-state index is 14.8. The van der Waals surface area contributed by atoms with E-state index in [9.17, 15) is 83.4 Å². The average Bonchev–Trinajstić information content (AvgIpc) is 3.09. The van der Waals surface area contributed by atoms with Crippen LogP contribution in [0.15, 0.2) is 24.3 Å². The van der Waals surface area contributed by atoms with Gasteiger partial charge in [0.1, 0.15) is 0 Å². The molecule has 314 valence electrons. The SMILES string of the molecule is CCCCCC[C@H]1CC[C@H](CC[C@H]2CC[C@H](c3ccc(C(F)(F)C(F)(F)C(F)(F)C(F)(F)C(F)(F)C(F)(F)C(F)(F)C(F)(F)C(F)(F)F)cc3)CC2)CC1. The van der Waals surface area contributed by atoms with Gasteiger partial charge in [-0.05, 0) is 54.9 Å². The predicted octanol–water partition coefficient (Wildman–Crippen LogP) is 14.6. The van der Waals surface area contributed by atoms with E-state index in [1.807, 2.05) is 0 Å². The molecular formula is C35H41F19. The number of halogens is 19. The van der Waals surface area contributed by atoms with Crippen molar-refractivity contribution in [2.75, 3.05) is 0 Å². The van der Waals surface area contributed by atoms with Crippen LogP contribution in [0.3, 0.4) is 0 Å². The third-order valence-electron chi connectivity index (χ3n) is 11.1. The quantitative estimate of drug-likeness (QED) is 0.108. The van der Waals surface area contributed by atoms with Crippen molar-refractivity contribution in [1.82, 2.24) is 0 Å². The molecule has 2 fully saturated rings. The van der Waals surface area contributed by atoms with Gasteiger partial charge in [0.2, 0.25) is 0 Å². The van der Waals surface area contributed by atoms with Crippen LogP contribution in [-0.4, -0.2) is 47.6 Å². The van der Waals surface area contributed by atoms with Gasteiger partial charge in [0.25, 0.3) is 0 Å². The normalized spacial score (nSPS) is 23.5. The van der Waals surface area contributed by atoms with E-state index in [-0.39, 0.29) is 23.6 Å². The molecular weight excluding hydrogens is 781 g/mol. The number of benzene rings is 1. The maximum Gasteiger partial charge on any atom is 0.460 e. The minimum absolute atomic E-state index is 0.0362. The first-order valence-corrected chi connectivity index (χ1v) is 17.6. The van der Waals surface area contributed by atoms with Crippen molar-refractivity contribution in [2.45, 2.75) is 163 Å². The Morgan fingerprint density at radius 3 is 1.15 bits per heavy atom. The summed E-state index contributed by atoms with van der Waals surface area (Å²) < 4.78 is 261. The Bertz CT molecular complexity index is 1330. The molecule has 19 heteroatoms. The summed E-state index contributed by atoms with van der Waals surface area (Å²) in [6.45, 7) is 2.16. The van der Waals surface area contributed by atoms with E-state index in [0.717, 1.165) is 43.7 Å². The molecule has 0 bridgehead atoms. The molecule has 0 N–H and O–H groups in total. The highest BCUT2D eigenvalue weighted by Crippen LogP contribution is 2.66. The second kappa shape index (κ2) is 16.0. The highest BCUT2D eigenvalue weighted by Gasteiger charge is 2.96. The summed E-state index contributed by atoms with van der Waals surface area (Å²) in [5.74, 6) is -65.3. The standard InChI is InChI=1S/C35H41F19/c1-2-3-4-5-6-21-7-9-22(10-8-21)11-12-23-13-15-24(16-14-23)25-17-19-26(20-18-25)27(36,37)28(38,39)29(40,41)30(42,43)31(44,45)32(46,47)33(48,49)34(50,51)35(52,53)54/h17-24H,2-16H2,1H3/t21-,22-,23-,24-. The van der Waals surface area contributed by atoms with Crippen molar-refractivity contribution in [3.8, 4) is 0 Å². The van der Waals surface area contributed by atoms with Crippen LogP contribution in [0.1, 0.15) is 120 Å². The third-order valence-corrected chi connectivity index (χ3v) is 11.1. The van der Waals surface area contributed by atoms with Crippen molar-refractivity contribution in [2.24, 2.45) is 17.8 Å². The van der Waals surface area contributed by atoms with Gasteiger partial charge in [-0.15, -0.1) is 0 Å². The van der Waals surface area contributed by atoms with Crippen molar-refractivity contribution in [3.05, 3.63) is 35.4 Å². The van der Waals surface area contributed by atoms with Crippen LogP contribution >= 0.6 is 0 Å². The van der Waals surface area contributed by atoms with Gasteiger partial charge in [-0.2, -0.15) is 83.4 Å². The molecule has 0 aliphatic heterocycles. The average molecular weight is 823 g/mol. The number of hydrogen-bond donors (Lipinski definition) is 0. The molecule has 0 aromatic heterocycles. The fourth-order valence-electron chi connectivity index (χ4n) is 7.43. The van der Waals surface area contributed by atoms with Crippen LogP contribution in [-0.2, 0) is 5.92 Å². The van der Waals surface area contributed by atoms with Crippen LogP contribution in [0.5, 0.6) is 0 Å². The minimum Gasteiger partial charge on any atom is -0.194 e. The summed E-state index contributed by atoms with van der Waals surface area (Å²) in [6, 6.07) is 1.52. The lowest BCUT2D eigenvalue weighted by atomic mass is 9.74. The van der Waals surface area contributed by atoms with Gasteiger partial charge >= 0.3 is 53.6 Å². The molecule has 0 saturated heterocycles. The fourth-order valence-corrected chi connectivity index (χ4v) is 7.43. The van der Waals surface area contributed by atoms with Gasteiger partial charge in [-0.25, -0.2) is 0 Å². The van der Waals surface area contributed by atoms with Gasteiger partial charge < -0.3 is 0 Å². The zero-order chi connectivity index (χ0) is 41.4. The highest BCUT2D eigenvalue weighted by atomic mass is 19.4. The topological polar surface area (TPSA) is 0 Å². The summed E-state index contributed by atoms with van der Waals surface area (Å²) in [4.78, 5) is 0. The summed E-state index contributed by atoms with van der Waals surface area (Å²) >= 11 is 0. The van der Waals surface area contributed by atoms with Crippen LogP contribution in [0.25, 0.3) is 0 Å². The number of unbranched alkanes of at least 4 members (excludes halogenated alkanes) is 3. The van der Waals surface area contributed by atoms with Gasteiger partial charge in [0.05, 0.1) is 0 Å². The second-order valence-corrected chi connectivity index (χ2v) is 14.7. The largest absolute Gasteiger partial charge is 0.460 e. The highest BCUT2D eigenvalue weighted by molar-refractivity contribution is 5.31. The van der Waals surface area contributed by atoms with E-state index in [2.05, 4.69) is 6.92 Å². The van der Waals surface area contributed by atoms with Crippen LogP contribution < -0.4 is 0 Å². The van der Waals surface area contributed by atoms with Gasteiger partial charge in [-0.1, -0.05) is 102 Å². The summed E-state index contributed by atoms with van der Waals surface area (Å²) in [5.41, 5.74) is -2.04. The van der Waals surface area contributed by atoms with E-state index in [4.69, 9.17) is 0 Å². The van der Waals surface area contributed by atoms with Crippen LogP contribution in [0.2, 0.25) is 0 Å². The lowest BCUT2D eigenvalue weighted by Gasteiger charge is -2.43. The molecule has 54 heavy (non-hydrogen) atoms. The third kappa shape index (κ3) is 8.16. The van der Waals surface area contributed by atoms with Gasteiger partial charge in [0, 0.05) is 5.56 Å². The molecule has 0 spiro atoms. The number of rotatable bonds is 17. The van der Waals surface area contributed by atoms with E-state index >= 15 is 0 Å². The van der Waals surface area contributed by atoms with E-state index < -0.39 is 59.1 Å². The van der Waals surface area contributed by atoms with E-state index in [1.165, 1.54) is 44.9 Å². The molecule has 0 nitrogen and oxygen atoms in total. The molecule has 2 aliphatic rings. The van der Waals surface area contributed by atoms with Crippen molar-refractivity contribution >= 4 is 0 Å². The zero-order valence-corrected chi connectivity index (χ0v) is 28.9. The molecule has 0 radical (unpaired) electrons. The number of alkyl halides is 19. The predicted molar refractivity (Wildman–Crippen MR) is 159 cm³/mol. The lowest BCUT2D eigenvalue weighted by Crippen LogP contribution is -2.75. The summed E-state index contributed by atoms with van der Waals surface area (Å²) in [6.07, 6.45) is 7.29. The lowest BCUT2D eigenvalue weighted by molar-refractivity contribution is -0.469. The Morgan fingerprint density at radius 2 is 0.759 bits per heavy atom. The Kier molecular flexibility index (Phi) is 13.7. The molecule has 0 heterocycles. The smallest absolute Gasteiger partial charge is 0.194 e. The Morgan fingerprint density at radius 1 is 0.407 bits per heavy atom. The van der Waals surface area contributed by atoms with E-state index in [1.54, 1.807) is 0 Å². The molecule has 1 aromatic carbocycles. The summed E-state index contributed by atoms with van der Waals surface area (Å²) in [7, 11) is 0. The zero-order valence-electron chi connectivity index (χ0n) is 28.9. The van der Waals surface area contributed by atoms with Gasteiger partial charge in [-0.3, -0.25) is 0 Å². The first-order chi connectivity index (χ1) is 24.5. The molecule has 2 aliphatic carbocycles. The van der Waals surface area contributed by atoms with Crippen LogP contribution in [0.4, 0.5) is 83.4 Å². The van der Waals surface area contributed by atoms with E-state index in [0.29, 0.717) is 37.5 Å². The monoisotopic (exact) mass is 822 g/mol. The fraction of sp³-hybridized carbons (Fsp3) is 0.829. The van der Waals surface area contributed by atoms with Gasteiger partial charge in [0.15, 0.2) is 0 Å². The Balaban J connectivity index is 1.67. The van der Waals surface area contributed by atoms with Crippen molar-refractivity contribution < 1.29 is 83.4 Å². The molecule has 0 amide bonds. The van der Waals surface area contributed by atoms with Crippen molar-refractivity contribution in [1.29, 1.82) is 0 Å². The number of hydrogen-bond acceptors (Lipinski definition) is 0.